The first-order chi connectivity index (χ1) is 12.4. The van der Waals surface area contributed by atoms with Crippen molar-refractivity contribution in [1.82, 2.24) is 4.31 Å². The van der Waals surface area contributed by atoms with E-state index in [2.05, 4.69) is 5.32 Å². The van der Waals surface area contributed by atoms with Crippen LogP contribution in [0.2, 0.25) is 0 Å². The van der Waals surface area contributed by atoms with Crippen LogP contribution in [0.1, 0.15) is 22.3 Å². The Morgan fingerprint density at radius 1 is 1.23 bits per heavy atom. The number of ether oxygens (including phenoxy) is 1. The summed E-state index contributed by atoms with van der Waals surface area (Å²) in [5, 5.41) is 2.65. The van der Waals surface area contributed by atoms with E-state index in [0.29, 0.717) is 30.8 Å². The van der Waals surface area contributed by atoms with Crippen molar-refractivity contribution in [3.05, 3.63) is 59.4 Å². The van der Waals surface area contributed by atoms with Crippen molar-refractivity contribution in [3.8, 4) is 0 Å². The number of rotatable bonds is 4. The second-order valence-electron chi connectivity index (χ2n) is 6.02. The van der Waals surface area contributed by atoms with E-state index >= 15 is 0 Å². The number of carbonyl (C=O) groups is 1. The molecule has 0 saturated carbocycles. The van der Waals surface area contributed by atoms with E-state index in [1.807, 2.05) is 0 Å². The molecule has 1 amide bonds. The molecule has 26 heavy (non-hydrogen) atoms. The molecule has 2 aromatic rings. The molecule has 1 aliphatic rings. The van der Waals surface area contributed by atoms with Crippen LogP contribution in [0.25, 0.3) is 0 Å². The summed E-state index contributed by atoms with van der Waals surface area (Å²) in [5.41, 5.74) is 1.04. The molecule has 138 valence electrons. The van der Waals surface area contributed by atoms with E-state index in [4.69, 9.17) is 4.74 Å². The van der Waals surface area contributed by atoms with Gasteiger partial charge in [0, 0.05) is 24.4 Å². The third kappa shape index (κ3) is 3.92. The second-order valence-corrected chi connectivity index (χ2v) is 7.96. The largest absolute Gasteiger partial charge is 0.365 e. The molecule has 0 unspecified atom stereocenters. The van der Waals surface area contributed by atoms with Gasteiger partial charge in [0.2, 0.25) is 10.0 Å². The smallest absolute Gasteiger partial charge is 0.255 e. The summed E-state index contributed by atoms with van der Waals surface area (Å²) in [6.45, 7) is 2.52. The Morgan fingerprint density at radius 3 is 2.73 bits per heavy atom. The predicted molar refractivity (Wildman–Crippen MR) is 94.9 cm³/mol. The summed E-state index contributed by atoms with van der Waals surface area (Å²) in [4.78, 5) is 12.5. The first-order valence-electron chi connectivity index (χ1n) is 8.13. The predicted octanol–water partition coefficient (Wildman–Crippen LogP) is 2.75. The van der Waals surface area contributed by atoms with Crippen LogP contribution >= 0.6 is 0 Å². The summed E-state index contributed by atoms with van der Waals surface area (Å²) < 4.78 is 45.1. The minimum atomic E-state index is -3.72. The highest BCUT2D eigenvalue weighted by Crippen LogP contribution is 2.20. The zero-order valence-corrected chi connectivity index (χ0v) is 15.1. The average molecular weight is 378 g/mol. The number of sulfonamides is 1. The van der Waals surface area contributed by atoms with Crippen molar-refractivity contribution in [2.75, 3.05) is 25.2 Å². The number of aryl methyl sites for hydroxylation is 1. The normalized spacial score (nSPS) is 15.6. The molecule has 1 heterocycles. The molecular formula is C18H19FN2O4S. The van der Waals surface area contributed by atoms with Crippen LogP contribution in [-0.2, 0) is 14.8 Å². The molecule has 0 aliphatic carbocycles. The standard InChI is InChI=1S/C18H19FN2O4S/c1-13-10-15(6-7-17(13)19)20-18(22)14-4-2-5-16(11-14)26(23,24)21-8-3-9-25-12-21/h2,4-7,10-11H,3,8-9,12H2,1H3,(H,20,22). The van der Waals surface area contributed by atoms with Crippen molar-refractivity contribution in [2.24, 2.45) is 0 Å². The number of halogens is 1. The van der Waals surface area contributed by atoms with Gasteiger partial charge in [-0.3, -0.25) is 4.79 Å². The van der Waals surface area contributed by atoms with Gasteiger partial charge < -0.3 is 10.1 Å². The Bertz CT molecular complexity index is 925. The number of carbonyl (C=O) groups excluding carboxylic acids is 1. The third-order valence-electron chi connectivity index (χ3n) is 4.08. The van der Waals surface area contributed by atoms with Gasteiger partial charge >= 0.3 is 0 Å². The Hall–Kier alpha value is -2.29. The van der Waals surface area contributed by atoms with Gasteiger partial charge in [0.05, 0.1) is 4.90 Å². The van der Waals surface area contributed by atoms with E-state index in [-0.39, 0.29) is 23.0 Å². The maximum absolute atomic E-state index is 13.3. The molecule has 6 nitrogen and oxygen atoms in total. The van der Waals surface area contributed by atoms with Crippen molar-refractivity contribution in [3.63, 3.8) is 0 Å². The van der Waals surface area contributed by atoms with Gasteiger partial charge in [0.1, 0.15) is 12.5 Å². The molecule has 0 aromatic heterocycles. The number of hydrogen-bond donors (Lipinski definition) is 1. The molecule has 8 heteroatoms. The average Bonchev–Trinajstić information content (AvgIpc) is 2.65. The van der Waals surface area contributed by atoms with Crippen LogP contribution in [0.4, 0.5) is 10.1 Å². The van der Waals surface area contributed by atoms with Gasteiger partial charge in [-0.1, -0.05) is 6.07 Å². The summed E-state index contributed by atoms with van der Waals surface area (Å²) in [5.74, 6) is -0.831. The quantitative estimate of drug-likeness (QED) is 0.888. The molecule has 2 aromatic carbocycles. The van der Waals surface area contributed by atoms with Crippen LogP contribution in [0.5, 0.6) is 0 Å². The van der Waals surface area contributed by atoms with Gasteiger partial charge in [-0.15, -0.1) is 0 Å². The highest BCUT2D eigenvalue weighted by molar-refractivity contribution is 7.89. The number of nitrogens with one attached hydrogen (secondary N) is 1. The number of nitrogens with zero attached hydrogens (tertiary/aromatic N) is 1. The Balaban J connectivity index is 1.82. The molecule has 0 bridgehead atoms. The monoisotopic (exact) mass is 378 g/mol. The fourth-order valence-corrected chi connectivity index (χ4v) is 4.04. The minimum Gasteiger partial charge on any atom is -0.365 e. The summed E-state index contributed by atoms with van der Waals surface area (Å²) in [7, 11) is -3.72. The molecule has 1 N–H and O–H groups in total. The Morgan fingerprint density at radius 2 is 2.04 bits per heavy atom. The van der Waals surface area contributed by atoms with Crippen LogP contribution in [-0.4, -0.2) is 38.5 Å². The summed E-state index contributed by atoms with van der Waals surface area (Å²) in [6, 6.07) is 10.0. The van der Waals surface area contributed by atoms with E-state index < -0.39 is 15.9 Å². The SMILES string of the molecule is Cc1cc(NC(=O)c2cccc(S(=O)(=O)N3CCCOC3)c2)ccc1F. The topological polar surface area (TPSA) is 75.7 Å². The van der Waals surface area contributed by atoms with Crippen molar-refractivity contribution in [1.29, 1.82) is 0 Å². The molecule has 1 aliphatic heterocycles. The van der Waals surface area contributed by atoms with Crippen molar-refractivity contribution < 1.29 is 22.3 Å². The lowest BCUT2D eigenvalue weighted by Crippen LogP contribution is -2.38. The van der Waals surface area contributed by atoms with Crippen LogP contribution in [0, 0.1) is 12.7 Å². The Labute approximate surface area is 151 Å². The molecule has 1 fully saturated rings. The van der Waals surface area contributed by atoms with E-state index in [0.717, 1.165) is 0 Å². The maximum Gasteiger partial charge on any atom is 0.255 e. The maximum atomic E-state index is 13.3. The zero-order valence-electron chi connectivity index (χ0n) is 14.2. The summed E-state index contributed by atoms with van der Waals surface area (Å²) in [6.07, 6.45) is 0.628. The third-order valence-corrected chi connectivity index (χ3v) is 5.90. The van der Waals surface area contributed by atoms with Crippen molar-refractivity contribution in [2.45, 2.75) is 18.2 Å². The second kappa shape index (κ2) is 7.53. The van der Waals surface area contributed by atoms with Gasteiger partial charge in [0.25, 0.3) is 5.91 Å². The first kappa shape index (κ1) is 18.5. The fraction of sp³-hybridized carbons (Fsp3) is 0.278. The van der Waals surface area contributed by atoms with Gasteiger partial charge in [-0.2, -0.15) is 4.31 Å². The molecule has 0 atom stereocenters. The highest BCUT2D eigenvalue weighted by atomic mass is 32.2. The lowest BCUT2D eigenvalue weighted by atomic mass is 10.2. The first-order valence-corrected chi connectivity index (χ1v) is 9.57. The molecule has 0 spiro atoms. The zero-order chi connectivity index (χ0) is 18.7. The minimum absolute atomic E-state index is 0.00755. The number of amides is 1. The van der Waals surface area contributed by atoms with E-state index in [1.165, 1.54) is 46.8 Å². The molecule has 3 rings (SSSR count). The number of anilines is 1. The molecule has 0 radical (unpaired) electrons. The van der Waals surface area contributed by atoms with Crippen LogP contribution in [0.3, 0.4) is 0 Å². The highest BCUT2D eigenvalue weighted by Gasteiger charge is 2.27. The van der Waals surface area contributed by atoms with Crippen LogP contribution in [0.15, 0.2) is 47.4 Å². The van der Waals surface area contributed by atoms with Gasteiger partial charge in [-0.25, -0.2) is 12.8 Å². The lowest BCUT2D eigenvalue weighted by molar-refractivity contribution is 0.0313. The fourth-order valence-electron chi connectivity index (χ4n) is 2.64. The van der Waals surface area contributed by atoms with Gasteiger partial charge in [-0.05, 0) is 55.3 Å². The molecular weight excluding hydrogens is 359 g/mol. The van der Waals surface area contributed by atoms with Gasteiger partial charge in [0.15, 0.2) is 0 Å². The van der Waals surface area contributed by atoms with E-state index in [1.54, 1.807) is 6.92 Å². The molecule has 1 saturated heterocycles. The van der Waals surface area contributed by atoms with Crippen molar-refractivity contribution >= 4 is 21.6 Å². The van der Waals surface area contributed by atoms with E-state index in [9.17, 15) is 17.6 Å². The number of hydrogen-bond acceptors (Lipinski definition) is 4. The number of benzene rings is 2. The summed E-state index contributed by atoms with van der Waals surface area (Å²) >= 11 is 0. The lowest BCUT2D eigenvalue weighted by Gasteiger charge is -2.26. The Kier molecular flexibility index (Phi) is 5.36. The van der Waals surface area contributed by atoms with Crippen LogP contribution < -0.4 is 5.32 Å².